The minimum Gasteiger partial charge on any atom is -0.310 e. The van der Waals surface area contributed by atoms with E-state index < -0.39 is 0 Å². The summed E-state index contributed by atoms with van der Waals surface area (Å²) in [5.74, 6) is 0. The van der Waals surface area contributed by atoms with Gasteiger partial charge in [0, 0.05) is 50.5 Å². The first-order valence-electron chi connectivity index (χ1n) is 8.75. The van der Waals surface area contributed by atoms with E-state index in [1.54, 1.807) is 0 Å². The number of nitrogens with zero attached hydrogens (tertiary/aromatic N) is 3. The number of fused-ring (bicyclic) bond motifs is 2. The zero-order valence-corrected chi connectivity index (χ0v) is 15.4. The highest BCUT2D eigenvalue weighted by Gasteiger charge is 2.29. The van der Waals surface area contributed by atoms with Gasteiger partial charge in [0.2, 0.25) is 0 Å². The largest absolute Gasteiger partial charge is 0.310 e. The van der Waals surface area contributed by atoms with Crippen LogP contribution in [0, 0.1) is 6.92 Å². The molecule has 2 aliphatic heterocycles. The zero-order valence-electron chi connectivity index (χ0n) is 14.5. The molecule has 0 saturated carbocycles. The molecule has 130 valence electrons. The summed E-state index contributed by atoms with van der Waals surface area (Å²) in [6.45, 7) is 5.58. The summed E-state index contributed by atoms with van der Waals surface area (Å²) in [6.07, 6.45) is 5.87. The Balaban J connectivity index is 0.00000169. The molecular weight excluding hydrogens is 320 g/mol. The molecule has 2 saturated heterocycles. The molecule has 2 unspecified atom stereocenters. The van der Waals surface area contributed by atoms with Crippen LogP contribution in [0.2, 0.25) is 0 Å². The van der Waals surface area contributed by atoms with Gasteiger partial charge >= 0.3 is 0 Å². The Kier molecular flexibility index (Phi) is 5.28. The molecule has 0 spiro atoms. The van der Waals surface area contributed by atoms with Gasteiger partial charge < -0.3 is 5.32 Å². The van der Waals surface area contributed by atoms with E-state index in [9.17, 15) is 0 Å². The third-order valence-corrected chi connectivity index (χ3v) is 5.36. The first-order chi connectivity index (χ1) is 11.2. The number of aryl methyl sites for hydroxylation is 2. The number of hydrogen-bond acceptors (Lipinski definition) is 3. The monoisotopic (exact) mass is 346 g/mol. The maximum atomic E-state index is 4.35. The van der Waals surface area contributed by atoms with Crippen molar-refractivity contribution in [2.75, 3.05) is 13.1 Å². The minimum absolute atomic E-state index is 0. The smallest absolute Gasteiger partial charge is 0.0682 e. The van der Waals surface area contributed by atoms with Crippen molar-refractivity contribution in [3.05, 3.63) is 41.6 Å². The molecule has 1 aromatic carbocycles. The van der Waals surface area contributed by atoms with Crippen LogP contribution >= 0.6 is 12.4 Å². The lowest BCUT2D eigenvalue weighted by Crippen LogP contribution is -2.35. The summed E-state index contributed by atoms with van der Waals surface area (Å²) in [4.78, 5) is 2.63. The van der Waals surface area contributed by atoms with Crippen molar-refractivity contribution >= 4 is 12.4 Å². The van der Waals surface area contributed by atoms with Crippen LogP contribution in [0.1, 0.15) is 30.4 Å². The lowest BCUT2D eigenvalue weighted by molar-refractivity contribution is 0.251. The van der Waals surface area contributed by atoms with E-state index in [2.05, 4.69) is 46.5 Å². The van der Waals surface area contributed by atoms with Crippen LogP contribution < -0.4 is 5.32 Å². The molecule has 2 aromatic rings. The lowest BCUT2D eigenvalue weighted by Gasteiger charge is -2.25. The maximum absolute atomic E-state index is 4.35. The van der Waals surface area contributed by atoms with Crippen LogP contribution in [-0.2, 0) is 13.6 Å². The van der Waals surface area contributed by atoms with Gasteiger partial charge in [-0.1, -0.05) is 17.7 Å². The van der Waals surface area contributed by atoms with E-state index in [4.69, 9.17) is 0 Å². The summed E-state index contributed by atoms with van der Waals surface area (Å²) in [5.41, 5.74) is 5.25. The number of nitrogens with one attached hydrogen (secondary N) is 1. The van der Waals surface area contributed by atoms with Crippen molar-refractivity contribution in [3.63, 3.8) is 0 Å². The average Bonchev–Trinajstić information content (AvgIpc) is 3.09. The number of rotatable bonds is 3. The molecule has 4 rings (SSSR count). The Morgan fingerprint density at radius 2 is 2.00 bits per heavy atom. The van der Waals surface area contributed by atoms with Crippen molar-refractivity contribution in [2.45, 2.75) is 44.8 Å². The van der Waals surface area contributed by atoms with Gasteiger partial charge in [-0.2, -0.15) is 5.10 Å². The highest BCUT2D eigenvalue weighted by atomic mass is 35.5. The van der Waals surface area contributed by atoms with E-state index in [0.29, 0.717) is 6.04 Å². The third-order valence-electron chi connectivity index (χ3n) is 5.36. The highest BCUT2D eigenvalue weighted by Crippen LogP contribution is 2.27. The van der Waals surface area contributed by atoms with Crippen molar-refractivity contribution < 1.29 is 0 Å². The van der Waals surface area contributed by atoms with Crippen LogP contribution in [0.15, 0.2) is 30.5 Å². The second-order valence-corrected chi connectivity index (χ2v) is 7.16. The van der Waals surface area contributed by atoms with Gasteiger partial charge in [-0.05, 0) is 43.9 Å². The lowest BCUT2D eigenvalue weighted by atomic mass is 10.0. The van der Waals surface area contributed by atoms with Gasteiger partial charge in [0.1, 0.15) is 0 Å². The van der Waals surface area contributed by atoms with Crippen LogP contribution in [0.3, 0.4) is 0 Å². The molecule has 0 aliphatic carbocycles. The standard InChI is InChI=1S/C19H26N4.ClH/c1-14-3-4-15(18(11-14)19-7-9-20-22(19)2)12-23-10-8-16-5-6-17(13-23)21-16;/h3-4,7,9,11,16-17,21H,5-6,8,10,12-13H2,1-2H3;1H. The molecule has 1 aromatic heterocycles. The molecule has 0 amide bonds. The maximum Gasteiger partial charge on any atom is 0.0682 e. The van der Waals surface area contributed by atoms with Gasteiger partial charge in [0.25, 0.3) is 0 Å². The third kappa shape index (κ3) is 3.51. The topological polar surface area (TPSA) is 33.1 Å². The molecule has 2 fully saturated rings. The molecule has 24 heavy (non-hydrogen) atoms. The van der Waals surface area contributed by atoms with Gasteiger partial charge in [-0.3, -0.25) is 9.58 Å². The molecular formula is C19H27ClN4. The molecule has 2 aliphatic rings. The number of hydrogen-bond donors (Lipinski definition) is 1. The van der Waals surface area contributed by atoms with Gasteiger partial charge in [0.05, 0.1) is 5.69 Å². The molecule has 2 atom stereocenters. The predicted molar refractivity (Wildman–Crippen MR) is 100 cm³/mol. The second-order valence-electron chi connectivity index (χ2n) is 7.16. The van der Waals surface area contributed by atoms with Crippen LogP contribution in [0.4, 0.5) is 0 Å². The summed E-state index contributed by atoms with van der Waals surface area (Å²) in [5, 5.41) is 8.12. The molecule has 0 radical (unpaired) electrons. The van der Waals surface area contributed by atoms with Gasteiger partial charge in [0.15, 0.2) is 0 Å². The van der Waals surface area contributed by atoms with Crippen LogP contribution in [0.5, 0.6) is 0 Å². The normalized spacial score (nSPS) is 23.8. The van der Waals surface area contributed by atoms with Gasteiger partial charge in [-0.15, -0.1) is 12.4 Å². The Bertz CT molecular complexity index is 696. The van der Waals surface area contributed by atoms with Crippen LogP contribution in [0.25, 0.3) is 11.3 Å². The summed E-state index contributed by atoms with van der Waals surface area (Å²) >= 11 is 0. The van der Waals surface area contributed by atoms with Crippen molar-refractivity contribution in [1.29, 1.82) is 0 Å². The fourth-order valence-electron chi connectivity index (χ4n) is 4.10. The van der Waals surface area contributed by atoms with E-state index >= 15 is 0 Å². The Morgan fingerprint density at radius 1 is 1.17 bits per heavy atom. The first-order valence-corrected chi connectivity index (χ1v) is 8.75. The van der Waals surface area contributed by atoms with Crippen molar-refractivity contribution in [3.8, 4) is 11.3 Å². The average molecular weight is 347 g/mol. The summed E-state index contributed by atoms with van der Waals surface area (Å²) in [7, 11) is 2.02. The number of likely N-dealkylation sites (tertiary alicyclic amines) is 1. The second kappa shape index (κ2) is 7.26. The number of halogens is 1. The summed E-state index contributed by atoms with van der Waals surface area (Å²) < 4.78 is 1.98. The van der Waals surface area contributed by atoms with E-state index in [1.165, 1.54) is 54.7 Å². The number of benzene rings is 1. The molecule has 3 heterocycles. The van der Waals surface area contributed by atoms with Crippen LogP contribution in [-0.4, -0.2) is 39.9 Å². The molecule has 2 bridgehead atoms. The quantitative estimate of drug-likeness (QED) is 0.926. The summed E-state index contributed by atoms with van der Waals surface area (Å²) in [6, 6.07) is 10.4. The van der Waals surface area contributed by atoms with E-state index in [1.807, 2.05) is 17.9 Å². The molecule has 1 N–H and O–H groups in total. The van der Waals surface area contributed by atoms with Crippen molar-refractivity contribution in [1.82, 2.24) is 20.0 Å². The Morgan fingerprint density at radius 3 is 2.79 bits per heavy atom. The van der Waals surface area contributed by atoms with Crippen molar-refractivity contribution in [2.24, 2.45) is 7.05 Å². The first kappa shape index (κ1) is 17.5. The Labute approximate surface area is 150 Å². The molecule has 5 heteroatoms. The SMILES string of the molecule is Cc1ccc(CN2CCC3CCC(C2)N3)c(-c2ccnn2C)c1.Cl. The van der Waals surface area contributed by atoms with E-state index in [0.717, 1.165) is 12.6 Å². The molecule has 4 nitrogen and oxygen atoms in total. The number of aromatic nitrogens is 2. The fraction of sp³-hybridized carbons (Fsp3) is 0.526. The van der Waals surface area contributed by atoms with E-state index in [-0.39, 0.29) is 12.4 Å². The highest BCUT2D eigenvalue weighted by molar-refractivity contribution is 5.85. The predicted octanol–water partition coefficient (Wildman–Crippen LogP) is 3.14. The van der Waals surface area contributed by atoms with Gasteiger partial charge in [-0.25, -0.2) is 0 Å². The Hall–Kier alpha value is -1.36. The minimum atomic E-state index is 0. The zero-order chi connectivity index (χ0) is 15.8. The fourth-order valence-corrected chi connectivity index (χ4v) is 4.10.